The van der Waals surface area contributed by atoms with Crippen LogP contribution < -0.4 is 5.32 Å². The predicted molar refractivity (Wildman–Crippen MR) is 74.0 cm³/mol. The summed E-state index contributed by atoms with van der Waals surface area (Å²) in [4.78, 5) is 36.4. The minimum atomic E-state index is -1.07. The predicted octanol–water partition coefficient (Wildman–Crippen LogP) is 0.860. The van der Waals surface area contributed by atoms with E-state index in [-0.39, 0.29) is 30.2 Å². The smallest absolute Gasteiger partial charge is 0.310 e. The van der Waals surface area contributed by atoms with Crippen LogP contribution in [0.1, 0.15) is 40.0 Å². The van der Waals surface area contributed by atoms with Crippen molar-refractivity contribution >= 4 is 17.8 Å². The van der Waals surface area contributed by atoms with E-state index in [1.165, 1.54) is 0 Å². The SMILES string of the molecule is CC(C)C(C)(CC(=O)NC1CCC(=O)N(C)C1)C(=O)O. The standard InChI is InChI=1S/C14H24N2O4/c1-9(2)14(3,13(19)20)7-11(17)15-10-5-6-12(18)16(4)8-10/h9-10H,5-8H2,1-4H3,(H,15,17)(H,19,20). The second-order valence-corrected chi connectivity index (χ2v) is 6.13. The average Bonchev–Trinajstić information content (AvgIpc) is 2.33. The summed E-state index contributed by atoms with van der Waals surface area (Å²) in [6.07, 6.45) is 0.983. The van der Waals surface area contributed by atoms with Gasteiger partial charge in [0.1, 0.15) is 0 Å². The van der Waals surface area contributed by atoms with Crippen molar-refractivity contribution in [2.45, 2.75) is 46.1 Å². The number of aliphatic carboxylic acids is 1. The van der Waals surface area contributed by atoms with Crippen LogP contribution >= 0.6 is 0 Å². The van der Waals surface area contributed by atoms with Gasteiger partial charge in [-0.05, 0) is 19.3 Å². The molecule has 1 aliphatic rings. The van der Waals surface area contributed by atoms with Gasteiger partial charge < -0.3 is 15.3 Å². The van der Waals surface area contributed by atoms with E-state index in [4.69, 9.17) is 0 Å². The fourth-order valence-electron chi connectivity index (χ4n) is 2.27. The van der Waals surface area contributed by atoms with Crippen molar-refractivity contribution in [3.05, 3.63) is 0 Å². The number of likely N-dealkylation sites (N-methyl/N-ethyl adjacent to an activating group) is 1. The molecule has 2 atom stereocenters. The summed E-state index contributed by atoms with van der Waals surface area (Å²) < 4.78 is 0. The van der Waals surface area contributed by atoms with Crippen molar-refractivity contribution in [3.8, 4) is 0 Å². The first-order chi connectivity index (χ1) is 9.16. The Balaban J connectivity index is 2.59. The van der Waals surface area contributed by atoms with Crippen LogP contribution in [0.5, 0.6) is 0 Å². The lowest BCUT2D eigenvalue weighted by Gasteiger charge is -2.32. The van der Waals surface area contributed by atoms with Gasteiger partial charge in [-0.1, -0.05) is 13.8 Å². The van der Waals surface area contributed by atoms with Gasteiger partial charge in [-0.2, -0.15) is 0 Å². The van der Waals surface area contributed by atoms with Crippen LogP contribution in [0.3, 0.4) is 0 Å². The Morgan fingerprint density at radius 3 is 2.55 bits per heavy atom. The molecule has 1 fully saturated rings. The summed E-state index contributed by atoms with van der Waals surface area (Å²) >= 11 is 0. The molecule has 1 rings (SSSR count). The highest BCUT2D eigenvalue weighted by atomic mass is 16.4. The van der Waals surface area contributed by atoms with E-state index >= 15 is 0 Å². The van der Waals surface area contributed by atoms with Gasteiger partial charge in [0, 0.05) is 32.5 Å². The van der Waals surface area contributed by atoms with Crippen molar-refractivity contribution in [1.29, 1.82) is 0 Å². The lowest BCUT2D eigenvalue weighted by Crippen LogP contribution is -2.50. The first-order valence-electron chi connectivity index (χ1n) is 6.93. The number of hydrogen-bond acceptors (Lipinski definition) is 3. The highest BCUT2D eigenvalue weighted by molar-refractivity contribution is 5.85. The molecule has 1 saturated heterocycles. The van der Waals surface area contributed by atoms with Gasteiger partial charge in [0.15, 0.2) is 0 Å². The molecule has 1 heterocycles. The van der Waals surface area contributed by atoms with E-state index in [9.17, 15) is 19.5 Å². The molecule has 0 saturated carbocycles. The Morgan fingerprint density at radius 2 is 2.10 bits per heavy atom. The maximum Gasteiger partial charge on any atom is 0.310 e. The molecule has 0 aromatic heterocycles. The Hall–Kier alpha value is -1.59. The van der Waals surface area contributed by atoms with Crippen LogP contribution in [-0.2, 0) is 14.4 Å². The first kappa shape index (κ1) is 16.5. The maximum absolute atomic E-state index is 12.0. The number of carbonyl (C=O) groups excluding carboxylic acids is 2. The van der Waals surface area contributed by atoms with E-state index in [0.29, 0.717) is 19.4 Å². The molecular formula is C14H24N2O4. The Morgan fingerprint density at radius 1 is 1.50 bits per heavy atom. The number of carboxylic acids is 1. The van der Waals surface area contributed by atoms with Crippen LogP contribution in [-0.4, -0.2) is 47.4 Å². The fraction of sp³-hybridized carbons (Fsp3) is 0.786. The third kappa shape index (κ3) is 3.71. The minimum absolute atomic E-state index is 0.0475. The van der Waals surface area contributed by atoms with E-state index in [0.717, 1.165) is 0 Å². The molecule has 20 heavy (non-hydrogen) atoms. The second kappa shape index (κ2) is 6.24. The maximum atomic E-state index is 12.0. The van der Waals surface area contributed by atoms with E-state index in [2.05, 4.69) is 5.32 Å². The Kier molecular flexibility index (Phi) is 5.14. The van der Waals surface area contributed by atoms with Gasteiger partial charge >= 0.3 is 5.97 Å². The molecular weight excluding hydrogens is 260 g/mol. The molecule has 2 N–H and O–H groups in total. The molecule has 0 aromatic rings. The summed E-state index contributed by atoms with van der Waals surface area (Å²) in [6.45, 7) is 5.68. The zero-order valence-corrected chi connectivity index (χ0v) is 12.6. The highest BCUT2D eigenvalue weighted by Crippen LogP contribution is 2.31. The Labute approximate surface area is 119 Å². The molecule has 114 valence electrons. The molecule has 1 aliphatic heterocycles. The van der Waals surface area contributed by atoms with Gasteiger partial charge in [0.2, 0.25) is 11.8 Å². The summed E-state index contributed by atoms with van der Waals surface area (Å²) in [5, 5.41) is 12.1. The molecule has 0 aromatic carbocycles. The van der Waals surface area contributed by atoms with Crippen molar-refractivity contribution in [3.63, 3.8) is 0 Å². The van der Waals surface area contributed by atoms with Gasteiger partial charge in [-0.15, -0.1) is 0 Å². The summed E-state index contributed by atoms with van der Waals surface area (Å²) in [5.74, 6) is -1.29. The number of piperidine rings is 1. The topological polar surface area (TPSA) is 86.7 Å². The summed E-state index contributed by atoms with van der Waals surface area (Å²) in [7, 11) is 1.70. The second-order valence-electron chi connectivity index (χ2n) is 6.13. The number of carbonyl (C=O) groups is 3. The van der Waals surface area contributed by atoms with Crippen LogP contribution in [0.25, 0.3) is 0 Å². The van der Waals surface area contributed by atoms with Gasteiger partial charge in [-0.25, -0.2) is 0 Å². The molecule has 0 aliphatic carbocycles. The first-order valence-corrected chi connectivity index (χ1v) is 6.93. The molecule has 2 unspecified atom stereocenters. The third-order valence-electron chi connectivity index (χ3n) is 4.28. The zero-order valence-electron chi connectivity index (χ0n) is 12.6. The van der Waals surface area contributed by atoms with E-state index < -0.39 is 11.4 Å². The van der Waals surface area contributed by atoms with Crippen LogP contribution in [0.15, 0.2) is 0 Å². The molecule has 6 nitrogen and oxygen atoms in total. The van der Waals surface area contributed by atoms with Crippen LogP contribution in [0, 0.1) is 11.3 Å². The van der Waals surface area contributed by atoms with Gasteiger partial charge in [0.05, 0.1) is 5.41 Å². The normalized spacial score (nSPS) is 22.6. The molecule has 0 radical (unpaired) electrons. The Bertz CT molecular complexity index is 408. The zero-order chi connectivity index (χ0) is 15.5. The van der Waals surface area contributed by atoms with Crippen molar-refractivity contribution in [2.75, 3.05) is 13.6 Å². The van der Waals surface area contributed by atoms with Gasteiger partial charge in [0.25, 0.3) is 0 Å². The lowest BCUT2D eigenvalue weighted by atomic mass is 9.76. The lowest BCUT2D eigenvalue weighted by molar-refractivity contribution is -0.153. The third-order valence-corrected chi connectivity index (χ3v) is 4.28. The van der Waals surface area contributed by atoms with E-state index in [1.807, 2.05) is 0 Å². The number of likely N-dealkylation sites (tertiary alicyclic amines) is 1. The van der Waals surface area contributed by atoms with Crippen LogP contribution in [0.2, 0.25) is 0 Å². The number of amides is 2. The quantitative estimate of drug-likeness (QED) is 0.784. The largest absolute Gasteiger partial charge is 0.481 e. The number of hydrogen-bond donors (Lipinski definition) is 2. The molecule has 0 bridgehead atoms. The summed E-state index contributed by atoms with van der Waals surface area (Å²) in [6, 6.07) is -0.0876. The minimum Gasteiger partial charge on any atom is -0.481 e. The number of nitrogens with zero attached hydrogens (tertiary/aromatic N) is 1. The molecule has 2 amide bonds. The average molecular weight is 284 g/mol. The number of carboxylic acid groups (broad SMARTS) is 1. The monoisotopic (exact) mass is 284 g/mol. The van der Waals surface area contributed by atoms with Crippen LogP contribution in [0.4, 0.5) is 0 Å². The fourth-order valence-corrected chi connectivity index (χ4v) is 2.27. The van der Waals surface area contributed by atoms with Crippen molar-refractivity contribution < 1.29 is 19.5 Å². The number of rotatable bonds is 5. The molecule has 6 heteroatoms. The molecule has 0 spiro atoms. The van der Waals surface area contributed by atoms with Crippen molar-refractivity contribution in [1.82, 2.24) is 10.2 Å². The number of nitrogens with one attached hydrogen (secondary N) is 1. The van der Waals surface area contributed by atoms with E-state index in [1.54, 1.807) is 32.7 Å². The summed E-state index contributed by atoms with van der Waals surface area (Å²) in [5.41, 5.74) is -1.07. The van der Waals surface area contributed by atoms with Gasteiger partial charge in [-0.3, -0.25) is 14.4 Å². The van der Waals surface area contributed by atoms with Crippen molar-refractivity contribution in [2.24, 2.45) is 11.3 Å². The highest BCUT2D eigenvalue weighted by Gasteiger charge is 2.39.